The molecule has 4 heteroatoms. The van der Waals surface area contributed by atoms with Crippen LogP contribution in [0.3, 0.4) is 0 Å². The van der Waals surface area contributed by atoms with Crippen LogP contribution in [0.5, 0.6) is 0 Å². The molecule has 1 aliphatic heterocycles. The summed E-state index contributed by atoms with van der Waals surface area (Å²) in [4.78, 5) is 14.3. The third-order valence-corrected chi connectivity index (χ3v) is 5.15. The predicted octanol–water partition coefficient (Wildman–Crippen LogP) is 5.60. The topological polar surface area (TPSA) is 29.5 Å². The number of likely N-dealkylation sites (tertiary alicyclic amines) is 1. The second-order valence-electron chi connectivity index (χ2n) is 7.88. The van der Waals surface area contributed by atoms with Gasteiger partial charge in [0.2, 0.25) is 0 Å². The van der Waals surface area contributed by atoms with Gasteiger partial charge in [0.1, 0.15) is 0 Å². The first-order valence-electron chi connectivity index (χ1n) is 10.3. The molecule has 0 atom stereocenters. The Morgan fingerprint density at radius 3 is 1.93 bits per heavy atom. The number of ether oxygens (including phenoxy) is 1. The lowest BCUT2D eigenvalue weighted by Crippen LogP contribution is -2.33. The molecule has 0 N–H and O–H groups in total. The minimum atomic E-state index is -0.0794. The van der Waals surface area contributed by atoms with Crippen molar-refractivity contribution in [2.24, 2.45) is 5.92 Å². The van der Waals surface area contributed by atoms with Crippen molar-refractivity contribution in [3.63, 3.8) is 0 Å². The Morgan fingerprint density at radius 1 is 0.931 bits per heavy atom. The van der Waals surface area contributed by atoms with E-state index in [9.17, 15) is 4.79 Å². The molecule has 0 unspecified atom stereocenters. The number of esters is 1. The fourth-order valence-electron chi connectivity index (χ4n) is 3.66. The van der Waals surface area contributed by atoms with Crippen molar-refractivity contribution >= 4 is 23.9 Å². The molecule has 2 aromatic rings. The van der Waals surface area contributed by atoms with E-state index >= 15 is 0 Å². The van der Waals surface area contributed by atoms with Crippen LogP contribution < -0.4 is 0 Å². The average molecular weight is 414 g/mol. The van der Waals surface area contributed by atoms with Crippen molar-refractivity contribution in [2.45, 2.75) is 33.1 Å². The van der Waals surface area contributed by atoms with E-state index in [0.29, 0.717) is 18.9 Å². The summed E-state index contributed by atoms with van der Waals surface area (Å²) in [5.74, 6) is 0.310. The highest BCUT2D eigenvalue weighted by atomic mass is 35.5. The summed E-state index contributed by atoms with van der Waals surface area (Å²) in [7, 11) is 0. The van der Waals surface area contributed by atoms with Gasteiger partial charge in [-0.15, -0.1) is 12.4 Å². The molecule has 156 valence electrons. The molecule has 0 radical (unpaired) electrons. The Kier molecular flexibility index (Phi) is 9.43. The normalized spacial score (nSPS) is 14.4. The number of hydrogen-bond acceptors (Lipinski definition) is 3. The van der Waals surface area contributed by atoms with Crippen molar-refractivity contribution in [1.29, 1.82) is 0 Å². The molecule has 1 aliphatic rings. The van der Waals surface area contributed by atoms with Crippen molar-refractivity contribution in [3.05, 3.63) is 77.4 Å². The monoisotopic (exact) mass is 413 g/mol. The van der Waals surface area contributed by atoms with Crippen LogP contribution in [0.15, 0.2) is 66.2 Å². The molecule has 0 bridgehead atoms. The maximum absolute atomic E-state index is 11.9. The van der Waals surface area contributed by atoms with Crippen LogP contribution in [0.25, 0.3) is 5.57 Å². The van der Waals surface area contributed by atoms with Crippen LogP contribution in [0, 0.1) is 5.92 Å². The molecule has 0 aromatic heterocycles. The minimum absolute atomic E-state index is 0. The van der Waals surface area contributed by atoms with Gasteiger partial charge in [-0.2, -0.15) is 0 Å². The fraction of sp³-hybridized carbons (Fsp3) is 0.400. The lowest BCUT2D eigenvalue weighted by molar-refractivity contribution is -0.145. The third kappa shape index (κ3) is 7.02. The third-order valence-electron chi connectivity index (χ3n) is 5.15. The van der Waals surface area contributed by atoms with Crippen LogP contribution in [0.4, 0.5) is 0 Å². The number of nitrogens with zero attached hydrogens (tertiary/aromatic N) is 1. The SMILES string of the molecule is CC(C)COC(=O)CCN1CCC(=C(c2ccccc2)c2ccccc2)CC1.Cl. The van der Waals surface area contributed by atoms with Crippen LogP contribution in [-0.2, 0) is 9.53 Å². The molecule has 1 heterocycles. The first-order valence-corrected chi connectivity index (χ1v) is 10.3. The number of piperidine rings is 1. The lowest BCUT2D eigenvalue weighted by atomic mass is 9.88. The van der Waals surface area contributed by atoms with E-state index in [1.165, 1.54) is 22.3 Å². The van der Waals surface area contributed by atoms with Gasteiger partial charge in [0.05, 0.1) is 13.0 Å². The second-order valence-corrected chi connectivity index (χ2v) is 7.88. The van der Waals surface area contributed by atoms with Gasteiger partial charge in [-0.3, -0.25) is 4.79 Å². The second kappa shape index (κ2) is 11.8. The van der Waals surface area contributed by atoms with Gasteiger partial charge in [-0.1, -0.05) is 80.1 Å². The van der Waals surface area contributed by atoms with Gasteiger partial charge < -0.3 is 9.64 Å². The molecule has 0 amide bonds. The van der Waals surface area contributed by atoms with Crippen LogP contribution in [0.1, 0.15) is 44.2 Å². The summed E-state index contributed by atoms with van der Waals surface area (Å²) in [6.07, 6.45) is 2.57. The maximum Gasteiger partial charge on any atom is 0.307 e. The van der Waals surface area contributed by atoms with Crippen molar-refractivity contribution in [1.82, 2.24) is 4.90 Å². The van der Waals surface area contributed by atoms with Gasteiger partial charge in [-0.05, 0) is 35.5 Å². The van der Waals surface area contributed by atoms with E-state index in [0.717, 1.165) is 32.5 Å². The van der Waals surface area contributed by atoms with Gasteiger partial charge in [0.25, 0.3) is 0 Å². The first-order chi connectivity index (χ1) is 13.6. The number of carbonyl (C=O) groups is 1. The molecule has 29 heavy (non-hydrogen) atoms. The Balaban J connectivity index is 0.00000300. The molecule has 3 rings (SSSR count). The van der Waals surface area contributed by atoms with Gasteiger partial charge in [0.15, 0.2) is 0 Å². The highest BCUT2D eigenvalue weighted by Gasteiger charge is 2.19. The summed E-state index contributed by atoms with van der Waals surface area (Å²) in [5.41, 5.74) is 5.46. The van der Waals surface area contributed by atoms with Crippen LogP contribution >= 0.6 is 12.4 Å². The Morgan fingerprint density at radius 2 is 1.45 bits per heavy atom. The van der Waals surface area contributed by atoms with Gasteiger partial charge >= 0.3 is 5.97 Å². The summed E-state index contributed by atoms with van der Waals surface area (Å²) in [6, 6.07) is 21.4. The Labute approximate surface area is 181 Å². The average Bonchev–Trinajstić information content (AvgIpc) is 2.73. The summed E-state index contributed by atoms with van der Waals surface area (Å²) >= 11 is 0. The molecule has 1 saturated heterocycles. The number of benzene rings is 2. The van der Waals surface area contributed by atoms with E-state index in [2.05, 4.69) is 79.4 Å². The van der Waals surface area contributed by atoms with E-state index in [1.807, 2.05) is 0 Å². The van der Waals surface area contributed by atoms with Crippen molar-refractivity contribution < 1.29 is 9.53 Å². The zero-order valence-electron chi connectivity index (χ0n) is 17.5. The smallest absolute Gasteiger partial charge is 0.307 e. The lowest BCUT2D eigenvalue weighted by Gasteiger charge is -2.30. The highest BCUT2D eigenvalue weighted by molar-refractivity contribution is 5.85. The zero-order valence-corrected chi connectivity index (χ0v) is 18.3. The van der Waals surface area contributed by atoms with E-state index < -0.39 is 0 Å². The first kappa shape index (κ1) is 23.2. The number of halogens is 1. The van der Waals surface area contributed by atoms with Crippen molar-refractivity contribution in [3.8, 4) is 0 Å². The van der Waals surface area contributed by atoms with Crippen molar-refractivity contribution in [2.75, 3.05) is 26.2 Å². The molecule has 3 nitrogen and oxygen atoms in total. The molecule has 0 aliphatic carbocycles. The highest BCUT2D eigenvalue weighted by Crippen LogP contribution is 2.32. The Hall–Kier alpha value is -2.10. The van der Waals surface area contributed by atoms with E-state index in [1.54, 1.807) is 0 Å². The molecule has 0 spiro atoms. The molecule has 1 fully saturated rings. The van der Waals surface area contributed by atoms with Gasteiger partial charge in [-0.25, -0.2) is 0 Å². The Bertz CT molecular complexity index is 735. The standard InChI is InChI=1S/C25H31NO2.ClH/c1-20(2)19-28-24(27)15-18-26-16-13-23(14-17-26)25(21-9-5-3-6-10-21)22-11-7-4-8-12-22;/h3-12,20H,13-19H2,1-2H3;1H. The maximum atomic E-state index is 11.9. The fourth-order valence-corrected chi connectivity index (χ4v) is 3.66. The predicted molar refractivity (Wildman–Crippen MR) is 122 cm³/mol. The molecule has 2 aromatic carbocycles. The number of hydrogen-bond donors (Lipinski definition) is 0. The van der Waals surface area contributed by atoms with E-state index in [4.69, 9.17) is 4.74 Å². The zero-order chi connectivity index (χ0) is 19.8. The number of rotatable bonds is 7. The summed E-state index contributed by atoms with van der Waals surface area (Å²) < 4.78 is 5.29. The molecular formula is C25H32ClNO2. The van der Waals surface area contributed by atoms with E-state index in [-0.39, 0.29) is 18.4 Å². The van der Waals surface area contributed by atoms with Gasteiger partial charge in [0, 0.05) is 19.6 Å². The molecule has 0 saturated carbocycles. The largest absolute Gasteiger partial charge is 0.465 e. The summed E-state index contributed by atoms with van der Waals surface area (Å²) in [6.45, 7) is 7.41. The van der Waals surface area contributed by atoms with Crippen LogP contribution in [-0.4, -0.2) is 37.1 Å². The minimum Gasteiger partial charge on any atom is -0.465 e. The number of carbonyl (C=O) groups excluding carboxylic acids is 1. The summed E-state index contributed by atoms with van der Waals surface area (Å²) in [5, 5.41) is 0. The van der Waals surface area contributed by atoms with Crippen LogP contribution in [0.2, 0.25) is 0 Å². The molecular weight excluding hydrogens is 382 g/mol. The quantitative estimate of drug-likeness (QED) is 0.553.